The molecule has 10 heteroatoms. The van der Waals surface area contributed by atoms with Crippen molar-refractivity contribution in [3.05, 3.63) is 88.5 Å². The molecule has 0 saturated carbocycles. The summed E-state index contributed by atoms with van der Waals surface area (Å²) >= 11 is 0. The maximum absolute atomic E-state index is 13.9. The van der Waals surface area contributed by atoms with Crippen molar-refractivity contribution in [1.29, 1.82) is 0 Å². The first-order valence-electron chi connectivity index (χ1n) is 13.0. The molecule has 2 aromatic carbocycles. The lowest BCUT2D eigenvalue weighted by atomic mass is 9.80. The number of halogens is 1. The number of sulfonamides is 1. The molecule has 0 fully saturated rings. The van der Waals surface area contributed by atoms with Crippen LogP contribution < -0.4 is 0 Å². The third-order valence-corrected chi connectivity index (χ3v) is 9.62. The van der Waals surface area contributed by atoms with Crippen molar-refractivity contribution in [2.24, 2.45) is 5.92 Å². The van der Waals surface area contributed by atoms with Crippen molar-refractivity contribution >= 4 is 16.0 Å². The largest absolute Gasteiger partial charge is 0.465 e. The average molecular weight is 554 g/mol. The Bertz CT molecular complexity index is 1530. The normalized spacial score (nSPS) is 19.6. The molecule has 3 atom stereocenters. The molecule has 1 aromatic heterocycles. The van der Waals surface area contributed by atoms with E-state index < -0.39 is 22.1 Å². The van der Waals surface area contributed by atoms with Crippen LogP contribution in [0, 0.1) is 11.7 Å². The lowest BCUT2D eigenvalue weighted by Gasteiger charge is -2.31. The van der Waals surface area contributed by atoms with E-state index in [2.05, 4.69) is 12.0 Å². The van der Waals surface area contributed by atoms with Crippen LogP contribution in [0.2, 0.25) is 0 Å². The summed E-state index contributed by atoms with van der Waals surface area (Å²) in [6.07, 6.45) is 3.26. The highest BCUT2D eigenvalue weighted by molar-refractivity contribution is 7.89. The third kappa shape index (κ3) is 5.04. The first kappa shape index (κ1) is 27.2. The van der Waals surface area contributed by atoms with Crippen LogP contribution in [0.1, 0.15) is 54.2 Å². The number of esters is 1. The number of benzene rings is 2. The molecule has 39 heavy (non-hydrogen) atoms. The molecule has 1 N–H and O–H groups in total. The minimum absolute atomic E-state index is 0.0314. The Kier molecular flexibility index (Phi) is 7.45. The number of aliphatic hydroxyl groups excluding tert-OH is 1. The van der Waals surface area contributed by atoms with Crippen LogP contribution in [0.15, 0.2) is 70.8 Å². The summed E-state index contributed by atoms with van der Waals surface area (Å²) in [4.78, 5) is 12.2. The van der Waals surface area contributed by atoms with Crippen LogP contribution in [-0.4, -0.2) is 59.9 Å². The van der Waals surface area contributed by atoms with Crippen LogP contribution in [0.3, 0.4) is 0 Å². The fraction of sp³-hybridized carbons (Fsp3) is 0.379. The van der Waals surface area contributed by atoms with Gasteiger partial charge in [-0.2, -0.15) is 9.40 Å². The lowest BCUT2D eigenvalue weighted by Crippen LogP contribution is -2.40. The summed E-state index contributed by atoms with van der Waals surface area (Å²) in [6.45, 7) is 3.75. The van der Waals surface area contributed by atoms with Crippen molar-refractivity contribution in [2.75, 3.05) is 20.2 Å². The highest BCUT2D eigenvalue weighted by atomic mass is 32.2. The van der Waals surface area contributed by atoms with Gasteiger partial charge in [-0.15, -0.1) is 0 Å². The minimum Gasteiger partial charge on any atom is -0.465 e. The molecule has 0 spiro atoms. The number of rotatable bonds is 8. The van der Waals surface area contributed by atoms with E-state index >= 15 is 0 Å². The molecule has 0 bridgehead atoms. The molecule has 2 aliphatic carbocycles. The molecular weight excluding hydrogens is 521 g/mol. The zero-order valence-corrected chi connectivity index (χ0v) is 23.0. The van der Waals surface area contributed by atoms with E-state index in [1.54, 1.807) is 31.2 Å². The smallest absolute Gasteiger partial charge is 0.339 e. The maximum Gasteiger partial charge on any atom is 0.339 e. The van der Waals surface area contributed by atoms with Gasteiger partial charge in [-0.25, -0.2) is 22.3 Å². The molecule has 0 aliphatic heterocycles. The summed E-state index contributed by atoms with van der Waals surface area (Å²) in [7, 11) is -2.91. The van der Waals surface area contributed by atoms with E-state index in [9.17, 15) is 22.7 Å². The molecule has 0 amide bonds. The Morgan fingerprint density at radius 3 is 2.64 bits per heavy atom. The number of carbonyl (C=O) groups excluding carboxylic acids is 1. The molecule has 0 unspecified atom stereocenters. The van der Waals surface area contributed by atoms with Crippen LogP contribution in [0.5, 0.6) is 0 Å². The second-order valence-corrected chi connectivity index (χ2v) is 12.2. The predicted molar refractivity (Wildman–Crippen MR) is 144 cm³/mol. The van der Waals surface area contributed by atoms with Crippen LogP contribution in [0.25, 0.3) is 5.69 Å². The van der Waals surface area contributed by atoms with Crippen molar-refractivity contribution in [3.8, 4) is 5.69 Å². The second kappa shape index (κ2) is 10.7. The van der Waals surface area contributed by atoms with Gasteiger partial charge in [0.1, 0.15) is 5.82 Å². The van der Waals surface area contributed by atoms with Crippen LogP contribution in [-0.2, 0) is 21.2 Å². The number of allylic oxidation sites excluding steroid dienone is 1. The average Bonchev–Trinajstić information content (AvgIpc) is 3.53. The quantitative estimate of drug-likeness (QED) is 0.331. The van der Waals surface area contributed by atoms with E-state index in [4.69, 9.17) is 4.74 Å². The summed E-state index contributed by atoms with van der Waals surface area (Å²) in [6, 6.07) is 12.2. The van der Waals surface area contributed by atoms with Gasteiger partial charge in [0.15, 0.2) is 0 Å². The molecular formula is C29H32FN3O5S. The van der Waals surface area contributed by atoms with E-state index in [1.807, 2.05) is 10.9 Å². The molecule has 3 aromatic rings. The molecule has 5 rings (SSSR count). The highest BCUT2D eigenvalue weighted by Gasteiger charge is 2.39. The fourth-order valence-corrected chi connectivity index (χ4v) is 7.74. The van der Waals surface area contributed by atoms with Crippen molar-refractivity contribution in [2.45, 2.75) is 50.0 Å². The number of carbonyl (C=O) groups is 1. The van der Waals surface area contributed by atoms with Gasteiger partial charge < -0.3 is 9.84 Å². The Labute approximate surface area is 227 Å². The SMILES string of the molecule is COC(=O)c1ccccc1S(=O)(=O)N(C[C@H]1CCC2=C1[C@@H](C)c1cnn(-c3ccc(F)cc3)c1C2)C[C@H](C)O. The molecule has 1 heterocycles. The lowest BCUT2D eigenvalue weighted by molar-refractivity contribution is 0.0596. The standard InChI is InChI=1S/C29H32FN3O5S/c1-18(34)16-32(39(36,37)27-7-5-4-6-24(27)29(35)38-3)17-21-9-8-20-14-26-25(19(2)28(20)21)15-31-33(26)23-12-10-22(30)11-13-23/h4-7,10-13,15,18-19,21,34H,8-9,14,16-17H2,1-3H3/t18-,19-,21+/m0/s1. The monoisotopic (exact) mass is 553 g/mol. The number of hydrogen-bond acceptors (Lipinski definition) is 6. The second-order valence-electron chi connectivity index (χ2n) is 10.3. The van der Waals surface area contributed by atoms with Gasteiger partial charge in [0, 0.05) is 31.0 Å². The van der Waals surface area contributed by atoms with Gasteiger partial charge in [0.25, 0.3) is 0 Å². The van der Waals surface area contributed by atoms with Gasteiger partial charge in [-0.1, -0.05) is 30.2 Å². The van der Waals surface area contributed by atoms with Crippen LogP contribution in [0.4, 0.5) is 4.39 Å². The number of hydrogen-bond donors (Lipinski definition) is 1. The fourth-order valence-electron chi connectivity index (χ4n) is 6.00. The van der Waals surface area contributed by atoms with E-state index in [0.29, 0.717) is 6.42 Å². The number of nitrogens with zero attached hydrogens (tertiary/aromatic N) is 3. The Morgan fingerprint density at radius 1 is 1.23 bits per heavy atom. The summed E-state index contributed by atoms with van der Waals surface area (Å²) in [5, 5.41) is 14.8. The molecule has 206 valence electrons. The first-order chi connectivity index (χ1) is 18.6. The number of methoxy groups -OCH3 is 1. The third-order valence-electron chi connectivity index (χ3n) is 7.73. The number of fused-ring (bicyclic) bond motifs is 1. The number of ether oxygens (including phenoxy) is 1. The van der Waals surface area contributed by atoms with Gasteiger partial charge in [0.05, 0.1) is 41.3 Å². The van der Waals surface area contributed by atoms with Crippen LogP contribution >= 0.6 is 0 Å². The Morgan fingerprint density at radius 2 is 1.95 bits per heavy atom. The van der Waals surface area contributed by atoms with Crippen molar-refractivity contribution < 1.29 is 27.4 Å². The molecule has 0 radical (unpaired) electrons. The summed E-state index contributed by atoms with van der Waals surface area (Å²) < 4.78 is 49.2. The Hall–Kier alpha value is -3.34. The van der Waals surface area contributed by atoms with Gasteiger partial charge in [0.2, 0.25) is 10.0 Å². The molecule has 2 aliphatic rings. The summed E-state index contributed by atoms with van der Waals surface area (Å²) in [5.41, 5.74) is 5.38. The van der Waals surface area contributed by atoms with Gasteiger partial charge in [-0.05, 0) is 62.1 Å². The van der Waals surface area contributed by atoms with E-state index in [1.165, 1.54) is 46.8 Å². The van der Waals surface area contributed by atoms with E-state index in [-0.39, 0.29) is 41.2 Å². The van der Waals surface area contributed by atoms with Gasteiger partial charge in [-0.3, -0.25) is 0 Å². The zero-order valence-electron chi connectivity index (χ0n) is 22.2. The predicted octanol–water partition coefficient (Wildman–Crippen LogP) is 4.24. The molecule has 0 saturated heterocycles. The van der Waals surface area contributed by atoms with Crippen molar-refractivity contribution in [1.82, 2.24) is 14.1 Å². The van der Waals surface area contributed by atoms with Gasteiger partial charge >= 0.3 is 5.97 Å². The molecule has 8 nitrogen and oxygen atoms in total. The highest BCUT2D eigenvalue weighted by Crippen LogP contribution is 2.47. The topological polar surface area (TPSA) is 102 Å². The summed E-state index contributed by atoms with van der Waals surface area (Å²) in [5.74, 6) is -1.05. The van der Waals surface area contributed by atoms with Crippen molar-refractivity contribution in [3.63, 3.8) is 0 Å². The van der Waals surface area contributed by atoms with E-state index in [0.717, 1.165) is 29.8 Å². The maximum atomic E-state index is 13.9. The zero-order chi connectivity index (χ0) is 27.9. The first-order valence-corrected chi connectivity index (χ1v) is 14.5. The Balaban J connectivity index is 1.46. The minimum atomic E-state index is -4.12. The number of aliphatic hydroxyl groups is 1. The number of aromatic nitrogens is 2.